The molecule has 0 atom stereocenters. The Morgan fingerprint density at radius 3 is 2.44 bits per heavy atom. The van der Waals surface area contributed by atoms with Crippen LogP contribution in [0.4, 0.5) is 8.78 Å². The van der Waals surface area contributed by atoms with Crippen molar-refractivity contribution in [2.24, 2.45) is 0 Å². The van der Waals surface area contributed by atoms with Gasteiger partial charge in [0, 0.05) is 13.1 Å². The fraction of sp³-hybridized carbons (Fsp3) is 0.200. The summed E-state index contributed by atoms with van der Waals surface area (Å²) in [5.41, 5.74) is 3.16. The monoisotopic (exact) mass is 247 g/mol. The number of nitrogens with one attached hydrogen (secondary N) is 1. The molecular weight excluding hydrogens is 232 g/mol. The van der Waals surface area contributed by atoms with Gasteiger partial charge in [0.1, 0.15) is 0 Å². The van der Waals surface area contributed by atoms with Gasteiger partial charge >= 0.3 is 0 Å². The molecule has 0 fully saturated rings. The minimum Gasteiger partial charge on any atom is -0.309 e. The van der Waals surface area contributed by atoms with E-state index in [4.69, 9.17) is 0 Å². The fourth-order valence-electron chi connectivity index (χ4n) is 1.80. The lowest BCUT2D eigenvalue weighted by Gasteiger charge is -2.08. The zero-order chi connectivity index (χ0) is 13.0. The maximum Gasteiger partial charge on any atom is 0.159 e. The van der Waals surface area contributed by atoms with Crippen LogP contribution in [0.1, 0.15) is 16.7 Å². The number of halogens is 2. The van der Waals surface area contributed by atoms with Crippen molar-refractivity contribution in [3.63, 3.8) is 0 Å². The summed E-state index contributed by atoms with van der Waals surface area (Å²) in [4.78, 5) is 0. The van der Waals surface area contributed by atoms with Crippen molar-refractivity contribution in [2.75, 3.05) is 0 Å². The first-order valence-electron chi connectivity index (χ1n) is 5.86. The van der Waals surface area contributed by atoms with Gasteiger partial charge in [0.05, 0.1) is 0 Å². The van der Waals surface area contributed by atoms with E-state index in [0.29, 0.717) is 13.1 Å². The smallest absolute Gasteiger partial charge is 0.159 e. The Hall–Kier alpha value is -1.74. The van der Waals surface area contributed by atoms with Crippen molar-refractivity contribution < 1.29 is 8.78 Å². The molecule has 1 nitrogen and oxygen atoms in total. The third-order valence-corrected chi connectivity index (χ3v) is 2.89. The largest absolute Gasteiger partial charge is 0.309 e. The molecule has 1 N–H and O–H groups in total. The average molecular weight is 247 g/mol. The summed E-state index contributed by atoms with van der Waals surface area (Å²) in [5.74, 6) is -1.61. The fourth-order valence-corrected chi connectivity index (χ4v) is 1.80. The van der Waals surface area contributed by atoms with Crippen LogP contribution in [-0.2, 0) is 13.1 Å². The molecule has 0 aliphatic carbocycles. The molecule has 0 aliphatic heterocycles. The normalized spacial score (nSPS) is 10.6. The lowest BCUT2D eigenvalue weighted by Crippen LogP contribution is -2.13. The molecular formula is C15H15F2N. The molecule has 2 aromatic rings. The molecule has 0 radical (unpaired) electrons. The molecule has 18 heavy (non-hydrogen) atoms. The zero-order valence-corrected chi connectivity index (χ0v) is 10.2. The van der Waals surface area contributed by atoms with E-state index in [-0.39, 0.29) is 0 Å². The summed E-state index contributed by atoms with van der Waals surface area (Å²) in [7, 11) is 0. The molecule has 0 saturated heterocycles. The molecule has 0 bridgehead atoms. The van der Waals surface area contributed by atoms with E-state index in [0.717, 1.165) is 11.6 Å². The number of benzene rings is 2. The predicted octanol–water partition coefficient (Wildman–Crippen LogP) is 3.56. The Labute approximate surface area is 105 Å². The highest BCUT2D eigenvalue weighted by molar-refractivity contribution is 5.25. The van der Waals surface area contributed by atoms with Gasteiger partial charge in [-0.2, -0.15) is 0 Å². The van der Waals surface area contributed by atoms with Crippen molar-refractivity contribution in [3.8, 4) is 0 Å². The average Bonchev–Trinajstić information content (AvgIpc) is 2.36. The second-order valence-electron chi connectivity index (χ2n) is 4.28. The first-order chi connectivity index (χ1) is 8.66. The molecule has 0 spiro atoms. The van der Waals surface area contributed by atoms with Gasteiger partial charge in [-0.3, -0.25) is 0 Å². The minimum absolute atomic E-state index is 0.519. The highest BCUT2D eigenvalue weighted by Gasteiger charge is 2.02. The van der Waals surface area contributed by atoms with Crippen LogP contribution in [0.15, 0.2) is 42.5 Å². The van der Waals surface area contributed by atoms with Gasteiger partial charge in [-0.1, -0.05) is 30.3 Å². The van der Waals surface area contributed by atoms with Gasteiger partial charge in [-0.25, -0.2) is 8.78 Å². The van der Waals surface area contributed by atoms with Gasteiger partial charge in [0.2, 0.25) is 0 Å². The Kier molecular flexibility index (Phi) is 4.05. The standard InChI is InChI=1S/C15H15F2N/c1-11-4-2-3-5-13(11)10-18-9-12-6-7-14(16)15(17)8-12/h2-8,18H,9-10H2,1H3. The third-order valence-electron chi connectivity index (χ3n) is 2.89. The summed E-state index contributed by atoms with van der Waals surface area (Å²) in [6.07, 6.45) is 0. The van der Waals surface area contributed by atoms with E-state index in [1.165, 1.54) is 17.2 Å². The quantitative estimate of drug-likeness (QED) is 0.871. The summed E-state index contributed by atoms with van der Waals surface area (Å²) < 4.78 is 25.7. The van der Waals surface area contributed by atoms with E-state index in [1.807, 2.05) is 18.2 Å². The van der Waals surface area contributed by atoms with E-state index in [1.54, 1.807) is 6.07 Å². The number of rotatable bonds is 4. The third kappa shape index (κ3) is 3.14. The molecule has 0 heterocycles. The van der Waals surface area contributed by atoms with E-state index in [9.17, 15) is 8.78 Å². The van der Waals surface area contributed by atoms with Gasteiger partial charge in [0.25, 0.3) is 0 Å². The van der Waals surface area contributed by atoms with Crippen LogP contribution in [0.2, 0.25) is 0 Å². The molecule has 0 aromatic heterocycles. The second kappa shape index (κ2) is 5.74. The van der Waals surface area contributed by atoms with Crippen molar-refractivity contribution >= 4 is 0 Å². The second-order valence-corrected chi connectivity index (χ2v) is 4.28. The summed E-state index contributed by atoms with van der Waals surface area (Å²) in [6, 6.07) is 12.0. The molecule has 2 rings (SSSR count). The molecule has 0 aliphatic rings. The minimum atomic E-state index is -0.808. The van der Waals surface area contributed by atoms with Gasteiger partial charge in [-0.15, -0.1) is 0 Å². The SMILES string of the molecule is Cc1ccccc1CNCc1ccc(F)c(F)c1. The first kappa shape index (κ1) is 12.7. The first-order valence-corrected chi connectivity index (χ1v) is 5.86. The van der Waals surface area contributed by atoms with Crippen LogP contribution < -0.4 is 5.32 Å². The maximum atomic E-state index is 13.0. The number of hydrogen-bond acceptors (Lipinski definition) is 1. The molecule has 0 amide bonds. The highest BCUT2D eigenvalue weighted by atomic mass is 19.2. The van der Waals surface area contributed by atoms with Crippen LogP contribution in [0.3, 0.4) is 0 Å². The zero-order valence-electron chi connectivity index (χ0n) is 10.2. The predicted molar refractivity (Wildman–Crippen MR) is 68.1 cm³/mol. The Morgan fingerprint density at radius 2 is 1.72 bits per heavy atom. The Morgan fingerprint density at radius 1 is 0.944 bits per heavy atom. The molecule has 94 valence electrons. The van der Waals surface area contributed by atoms with Crippen molar-refractivity contribution in [2.45, 2.75) is 20.0 Å². The molecule has 2 aromatic carbocycles. The summed E-state index contributed by atoms with van der Waals surface area (Å²) in [6.45, 7) is 3.28. The van der Waals surface area contributed by atoms with Crippen LogP contribution in [0.5, 0.6) is 0 Å². The summed E-state index contributed by atoms with van der Waals surface area (Å²) in [5, 5.41) is 3.22. The topological polar surface area (TPSA) is 12.0 Å². The highest BCUT2D eigenvalue weighted by Crippen LogP contribution is 2.10. The lowest BCUT2D eigenvalue weighted by molar-refractivity contribution is 0.506. The van der Waals surface area contributed by atoms with Gasteiger partial charge in [0.15, 0.2) is 11.6 Å². The van der Waals surface area contributed by atoms with E-state index in [2.05, 4.69) is 18.3 Å². The number of aryl methyl sites for hydroxylation is 1. The van der Waals surface area contributed by atoms with Crippen LogP contribution in [0.25, 0.3) is 0 Å². The Bertz CT molecular complexity index is 538. The van der Waals surface area contributed by atoms with Crippen molar-refractivity contribution in [1.29, 1.82) is 0 Å². The van der Waals surface area contributed by atoms with Crippen molar-refractivity contribution in [1.82, 2.24) is 5.32 Å². The van der Waals surface area contributed by atoms with Gasteiger partial charge in [-0.05, 0) is 35.7 Å². The molecule has 0 unspecified atom stereocenters. The van der Waals surface area contributed by atoms with E-state index < -0.39 is 11.6 Å². The maximum absolute atomic E-state index is 13.0. The number of hydrogen-bond donors (Lipinski definition) is 1. The lowest BCUT2D eigenvalue weighted by atomic mass is 10.1. The molecule has 3 heteroatoms. The summed E-state index contributed by atoms with van der Waals surface area (Å²) >= 11 is 0. The van der Waals surface area contributed by atoms with Gasteiger partial charge < -0.3 is 5.32 Å². The molecule has 0 saturated carbocycles. The van der Waals surface area contributed by atoms with E-state index >= 15 is 0 Å². The van der Waals surface area contributed by atoms with Crippen LogP contribution in [0, 0.1) is 18.6 Å². The van der Waals surface area contributed by atoms with Crippen molar-refractivity contribution in [3.05, 3.63) is 70.8 Å². The van der Waals surface area contributed by atoms with Crippen LogP contribution in [-0.4, -0.2) is 0 Å². The van der Waals surface area contributed by atoms with Crippen LogP contribution >= 0.6 is 0 Å². The Balaban J connectivity index is 1.92.